The fraction of sp³-hybridized carbons (Fsp3) is 0.333. The zero-order chi connectivity index (χ0) is 10.8. The Morgan fingerprint density at radius 1 is 0.929 bits per heavy atom. The maximum atomic E-state index is 4.77. The Bertz CT molecular complexity index is 223. The van der Waals surface area contributed by atoms with E-state index in [-0.39, 0.29) is 0 Å². The molecule has 0 aliphatic rings. The summed E-state index contributed by atoms with van der Waals surface area (Å²) in [6.07, 6.45) is 2.88. The predicted octanol–water partition coefficient (Wildman–Crippen LogP) is -0.854. The van der Waals surface area contributed by atoms with Crippen molar-refractivity contribution < 1.29 is 0 Å². The van der Waals surface area contributed by atoms with Gasteiger partial charge in [0.2, 0.25) is 0 Å². The Balaban J connectivity index is 3.60. The van der Waals surface area contributed by atoms with Crippen molar-refractivity contribution in [3.05, 3.63) is 0 Å². The highest BCUT2D eigenvalue weighted by atomic mass is 32.1. The van der Waals surface area contributed by atoms with Crippen LogP contribution in [0.3, 0.4) is 0 Å². The van der Waals surface area contributed by atoms with E-state index in [0.717, 1.165) is 0 Å². The van der Waals surface area contributed by atoms with Crippen molar-refractivity contribution in [3.63, 3.8) is 0 Å². The van der Waals surface area contributed by atoms with Gasteiger partial charge in [0.05, 0.1) is 12.4 Å². The van der Waals surface area contributed by atoms with Crippen molar-refractivity contribution in [1.82, 2.24) is 21.5 Å². The normalized spacial score (nSPS) is 10.1. The van der Waals surface area contributed by atoms with Crippen LogP contribution in [0, 0.1) is 0 Å². The second kappa shape index (κ2) is 8.32. The van der Waals surface area contributed by atoms with E-state index in [1.807, 2.05) is 0 Å². The lowest BCUT2D eigenvalue weighted by molar-refractivity contribution is 0.976. The molecule has 6 nitrogen and oxygen atoms in total. The van der Waals surface area contributed by atoms with E-state index >= 15 is 0 Å². The molecule has 0 aliphatic heterocycles. The molecular weight excluding hydrogens is 220 g/mol. The van der Waals surface area contributed by atoms with E-state index in [2.05, 4.69) is 31.7 Å². The minimum Gasteiger partial charge on any atom is -0.364 e. The molecule has 0 aromatic rings. The Morgan fingerprint density at radius 2 is 1.29 bits per heavy atom. The summed E-state index contributed by atoms with van der Waals surface area (Å²) in [6, 6.07) is 0. The summed E-state index contributed by atoms with van der Waals surface area (Å²) in [5, 5.41) is 13.7. The first-order chi connectivity index (χ1) is 6.70. The first-order valence-corrected chi connectivity index (χ1v) is 4.52. The number of hydrazone groups is 2. The molecule has 0 unspecified atom stereocenters. The van der Waals surface area contributed by atoms with Crippen molar-refractivity contribution >= 4 is 47.1 Å². The Kier molecular flexibility index (Phi) is 7.56. The number of rotatable bonds is 3. The highest BCUT2D eigenvalue weighted by Crippen LogP contribution is 1.63. The van der Waals surface area contributed by atoms with Crippen molar-refractivity contribution in [2.24, 2.45) is 10.2 Å². The summed E-state index contributed by atoms with van der Waals surface area (Å²) in [5.41, 5.74) is 5.11. The largest absolute Gasteiger partial charge is 0.364 e. The van der Waals surface area contributed by atoms with Crippen molar-refractivity contribution in [3.8, 4) is 0 Å². The molecule has 0 radical (unpaired) electrons. The zero-order valence-electron chi connectivity index (χ0n) is 7.87. The minimum absolute atomic E-state index is 0.438. The summed E-state index contributed by atoms with van der Waals surface area (Å²) < 4.78 is 0. The lowest BCUT2D eigenvalue weighted by Gasteiger charge is -1.98. The second-order valence-corrected chi connectivity index (χ2v) is 2.75. The van der Waals surface area contributed by atoms with Gasteiger partial charge in [-0.3, -0.25) is 10.9 Å². The molecule has 0 spiro atoms. The molecule has 8 heteroatoms. The van der Waals surface area contributed by atoms with E-state index in [1.54, 1.807) is 14.1 Å². The molecule has 0 aromatic heterocycles. The third-order valence-corrected chi connectivity index (χ3v) is 1.59. The molecule has 0 saturated heterocycles. The van der Waals surface area contributed by atoms with E-state index in [0.29, 0.717) is 10.2 Å². The molecule has 0 aromatic carbocycles. The van der Waals surface area contributed by atoms with Gasteiger partial charge < -0.3 is 10.6 Å². The standard InChI is InChI=1S/C6H12N6S2/c1-7-5(13)11-9-3-4-10-12-6(14)8-2/h3-4H,1-2H3,(H2,7,11,13)(H2,8,12,14)/b9-3-,10-4-. The first-order valence-electron chi connectivity index (χ1n) is 3.71. The van der Waals surface area contributed by atoms with Crippen LogP contribution in [-0.4, -0.2) is 36.7 Å². The van der Waals surface area contributed by atoms with Gasteiger partial charge in [-0.25, -0.2) is 0 Å². The van der Waals surface area contributed by atoms with Gasteiger partial charge in [0.1, 0.15) is 0 Å². The van der Waals surface area contributed by atoms with Crippen LogP contribution in [0.4, 0.5) is 0 Å². The van der Waals surface area contributed by atoms with Crippen LogP contribution < -0.4 is 21.5 Å². The zero-order valence-corrected chi connectivity index (χ0v) is 9.50. The van der Waals surface area contributed by atoms with Crippen LogP contribution in [0.15, 0.2) is 10.2 Å². The average molecular weight is 232 g/mol. The molecule has 4 N–H and O–H groups in total. The maximum absolute atomic E-state index is 4.77. The topological polar surface area (TPSA) is 72.8 Å². The van der Waals surface area contributed by atoms with Gasteiger partial charge in [-0.1, -0.05) is 0 Å². The molecular formula is C6H12N6S2. The third-order valence-electron chi connectivity index (χ3n) is 1.00. The van der Waals surface area contributed by atoms with Gasteiger partial charge in [-0.05, 0) is 24.4 Å². The van der Waals surface area contributed by atoms with E-state index in [4.69, 9.17) is 24.4 Å². The van der Waals surface area contributed by atoms with Crippen LogP contribution in [0.1, 0.15) is 0 Å². The Hall–Kier alpha value is -1.28. The van der Waals surface area contributed by atoms with E-state index in [9.17, 15) is 0 Å². The number of hydrogen-bond donors (Lipinski definition) is 4. The molecule has 0 heterocycles. The van der Waals surface area contributed by atoms with Crippen molar-refractivity contribution in [2.75, 3.05) is 14.1 Å². The van der Waals surface area contributed by atoms with Gasteiger partial charge in [0, 0.05) is 14.1 Å². The number of nitrogens with one attached hydrogen (secondary N) is 4. The maximum Gasteiger partial charge on any atom is 0.186 e. The van der Waals surface area contributed by atoms with Crippen LogP contribution in [0.25, 0.3) is 0 Å². The summed E-state index contributed by atoms with van der Waals surface area (Å²) in [4.78, 5) is 0. The molecule has 78 valence electrons. The van der Waals surface area contributed by atoms with Gasteiger partial charge in [0.15, 0.2) is 10.2 Å². The van der Waals surface area contributed by atoms with E-state index in [1.165, 1.54) is 12.4 Å². The number of nitrogens with zero attached hydrogens (tertiary/aromatic N) is 2. The average Bonchev–Trinajstić information content (AvgIpc) is 2.22. The Labute approximate surface area is 93.2 Å². The molecule has 14 heavy (non-hydrogen) atoms. The van der Waals surface area contributed by atoms with Gasteiger partial charge in [-0.15, -0.1) is 0 Å². The summed E-state index contributed by atoms with van der Waals surface area (Å²) in [5.74, 6) is 0. The minimum atomic E-state index is 0.438. The quantitative estimate of drug-likeness (QED) is 0.288. The lowest BCUT2D eigenvalue weighted by atomic mass is 10.8. The molecule has 0 atom stereocenters. The van der Waals surface area contributed by atoms with Crippen LogP contribution >= 0.6 is 24.4 Å². The molecule has 0 fully saturated rings. The highest BCUT2D eigenvalue weighted by Gasteiger charge is 1.83. The van der Waals surface area contributed by atoms with Crippen LogP contribution in [-0.2, 0) is 0 Å². The molecule has 0 bridgehead atoms. The van der Waals surface area contributed by atoms with Gasteiger partial charge in [-0.2, -0.15) is 10.2 Å². The fourth-order valence-corrected chi connectivity index (χ4v) is 0.476. The summed E-state index contributed by atoms with van der Waals surface area (Å²) >= 11 is 9.53. The lowest BCUT2D eigenvalue weighted by Crippen LogP contribution is -2.29. The Morgan fingerprint density at radius 3 is 1.57 bits per heavy atom. The first kappa shape index (κ1) is 12.7. The SMILES string of the molecule is CNC(=S)N/N=C\C=N/NC(=S)NC. The van der Waals surface area contributed by atoms with Crippen molar-refractivity contribution in [2.45, 2.75) is 0 Å². The van der Waals surface area contributed by atoms with E-state index < -0.39 is 0 Å². The molecule has 0 amide bonds. The molecule has 0 aliphatic carbocycles. The van der Waals surface area contributed by atoms with Crippen LogP contribution in [0.5, 0.6) is 0 Å². The monoisotopic (exact) mass is 232 g/mol. The summed E-state index contributed by atoms with van der Waals surface area (Å²) in [7, 11) is 3.40. The highest BCUT2D eigenvalue weighted by molar-refractivity contribution is 7.80. The smallest absolute Gasteiger partial charge is 0.186 e. The van der Waals surface area contributed by atoms with Crippen LogP contribution in [0.2, 0.25) is 0 Å². The van der Waals surface area contributed by atoms with Gasteiger partial charge in [0.25, 0.3) is 0 Å². The van der Waals surface area contributed by atoms with Gasteiger partial charge >= 0.3 is 0 Å². The predicted molar refractivity (Wildman–Crippen MR) is 66.6 cm³/mol. The number of hydrogen-bond acceptors (Lipinski definition) is 4. The number of thiocarbonyl (C=S) groups is 2. The third kappa shape index (κ3) is 7.37. The molecule has 0 rings (SSSR count). The summed E-state index contributed by atoms with van der Waals surface area (Å²) in [6.45, 7) is 0. The molecule has 0 saturated carbocycles. The second-order valence-electron chi connectivity index (χ2n) is 1.94. The van der Waals surface area contributed by atoms with Crippen molar-refractivity contribution in [1.29, 1.82) is 0 Å². The fourth-order valence-electron chi connectivity index (χ4n) is 0.370.